The van der Waals surface area contributed by atoms with Crippen LogP contribution < -0.4 is 0 Å². The second-order valence-electron chi connectivity index (χ2n) is 3.56. The van der Waals surface area contributed by atoms with Crippen LogP contribution in [0.5, 0.6) is 5.75 Å². The molecule has 2 rings (SSSR count). The molecule has 0 spiro atoms. The molecule has 0 heterocycles. The zero-order valence-electron chi connectivity index (χ0n) is 12.1. The molecule has 0 saturated carbocycles. The molecule has 0 aliphatic heterocycles. The number of phenolic OH excluding ortho intramolecular Hbond substituents is 1. The molecule has 94 valence electrons. The summed E-state index contributed by atoms with van der Waals surface area (Å²) in [5.41, 5.74) is 0.239. The molecule has 0 unspecified atom stereocenters. The number of hydrogen-bond donors (Lipinski definition) is 1. The Labute approximate surface area is 143 Å². The molecule has 19 heavy (non-hydrogen) atoms. The average molecular weight is 284 g/mol. The van der Waals surface area contributed by atoms with Crippen molar-refractivity contribution >= 4 is 49.7 Å². The third-order valence-electron chi connectivity index (χ3n) is 2.32. The number of esters is 2. The average Bonchev–Trinajstić information content (AvgIpc) is 2.40. The Balaban J connectivity index is 0. The maximum absolute atomic E-state index is 11.6. The summed E-state index contributed by atoms with van der Waals surface area (Å²) < 4.78 is 4.67. The van der Waals surface area contributed by atoms with Crippen molar-refractivity contribution in [2.45, 2.75) is 0 Å². The van der Waals surface area contributed by atoms with Crippen LogP contribution in [0.25, 0.3) is 0 Å². The third-order valence-corrected chi connectivity index (χ3v) is 2.32. The van der Waals surface area contributed by atoms with Gasteiger partial charge in [-0.05, 0) is 24.3 Å². The molecular weight excluding hydrogens is 272 g/mol. The van der Waals surface area contributed by atoms with E-state index in [1.54, 1.807) is 42.5 Å². The van der Waals surface area contributed by atoms with Crippen LogP contribution in [-0.4, -0.2) is 54.8 Å². The number of para-hydroxylation sites is 1. The number of carbonyl (C=O) groups excluding carboxylic acids is 2. The van der Waals surface area contributed by atoms with Gasteiger partial charge in [0.15, 0.2) is 0 Å². The van der Waals surface area contributed by atoms with E-state index in [9.17, 15) is 14.7 Å². The molecule has 0 fully saturated rings. The van der Waals surface area contributed by atoms with Crippen LogP contribution in [0.3, 0.4) is 0 Å². The normalized spacial score (nSPS) is 9.26. The zero-order valence-corrected chi connectivity index (χ0v) is 12.3. The third kappa shape index (κ3) is 4.06. The molecule has 0 atom stereocenters. The van der Waals surface area contributed by atoms with Crippen molar-refractivity contribution in [2.75, 3.05) is 0 Å². The zero-order chi connectivity index (χ0) is 13.0. The van der Waals surface area contributed by atoms with Crippen LogP contribution >= 0.6 is 0 Å². The smallest absolute Gasteiger partial charge is 1.00 e. The molecule has 5 heteroatoms. The molecule has 0 saturated heterocycles. The Morgan fingerprint density at radius 3 is 2.11 bits per heavy atom. The van der Waals surface area contributed by atoms with Gasteiger partial charge in [-0.2, -0.15) is 0 Å². The number of aromatic hydroxyl groups is 1. The number of rotatable bonds is 2. The Bertz CT molecular complexity index is 591. The van der Waals surface area contributed by atoms with Crippen LogP contribution in [0, 0.1) is 0 Å². The SMILES string of the molecule is O=C(OC(=O)c1ccccc1O)c1ccccc1.[Ca+2].[H-].[H-]. The van der Waals surface area contributed by atoms with Gasteiger partial charge in [-0.1, -0.05) is 30.3 Å². The van der Waals surface area contributed by atoms with E-state index in [4.69, 9.17) is 0 Å². The summed E-state index contributed by atoms with van der Waals surface area (Å²) in [5.74, 6) is -1.84. The predicted octanol–water partition coefficient (Wildman–Crippen LogP) is 2.23. The van der Waals surface area contributed by atoms with Gasteiger partial charge < -0.3 is 12.7 Å². The molecular formula is C14H12CaO4. The first kappa shape index (κ1) is 15.7. The van der Waals surface area contributed by atoms with E-state index in [0.717, 1.165) is 0 Å². The molecule has 0 aromatic heterocycles. The largest absolute Gasteiger partial charge is 2.00 e. The number of ether oxygens (including phenoxy) is 1. The summed E-state index contributed by atoms with van der Waals surface area (Å²) in [7, 11) is 0. The quantitative estimate of drug-likeness (QED) is 0.522. The minimum Gasteiger partial charge on any atom is -1.00 e. The fraction of sp³-hybridized carbons (Fsp3) is 0. The van der Waals surface area contributed by atoms with Crippen molar-refractivity contribution < 1.29 is 22.3 Å². The van der Waals surface area contributed by atoms with Crippen LogP contribution in [0.1, 0.15) is 23.6 Å². The van der Waals surface area contributed by atoms with Crippen molar-refractivity contribution in [3.05, 3.63) is 65.7 Å². The second-order valence-corrected chi connectivity index (χ2v) is 3.56. The van der Waals surface area contributed by atoms with Crippen molar-refractivity contribution in [2.24, 2.45) is 0 Å². The Morgan fingerprint density at radius 2 is 1.47 bits per heavy atom. The first-order chi connectivity index (χ1) is 8.68. The number of benzene rings is 2. The van der Waals surface area contributed by atoms with E-state index in [-0.39, 0.29) is 57.5 Å². The first-order valence-electron chi connectivity index (χ1n) is 5.28. The van der Waals surface area contributed by atoms with Gasteiger partial charge in [-0.25, -0.2) is 9.59 Å². The first-order valence-corrected chi connectivity index (χ1v) is 5.28. The minimum atomic E-state index is -0.873. The van der Waals surface area contributed by atoms with E-state index < -0.39 is 11.9 Å². The fourth-order valence-electron chi connectivity index (χ4n) is 1.42. The summed E-state index contributed by atoms with van der Waals surface area (Å²) in [6.07, 6.45) is 0. The standard InChI is InChI=1S/C14H10O4.Ca.2H/c15-12-9-5-4-8-11(12)14(17)18-13(16)10-6-2-1-3-7-10;;;/h1-9,15H;;;/q;+2;2*-1. The van der Waals surface area contributed by atoms with Gasteiger partial charge in [0.05, 0.1) is 5.56 Å². The number of carbonyl (C=O) groups is 2. The van der Waals surface area contributed by atoms with Crippen LogP contribution in [0.15, 0.2) is 54.6 Å². The van der Waals surface area contributed by atoms with E-state index in [2.05, 4.69) is 4.74 Å². The maximum Gasteiger partial charge on any atom is 2.00 e. The molecule has 0 bridgehead atoms. The molecule has 2 aromatic carbocycles. The van der Waals surface area contributed by atoms with E-state index in [0.29, 0.717) is 0 Å². The van der Waals surface area contributed by atoms with Crippen molar-refractivity contribution in [1.82, 2.24) is 0 Å². The monoisotopic (exact) mass is 284 g/mol. The molecule has 0 amide bonds. The Kier molecular flexibility index (Phi) is 6.02. The van der Waals surface area contributed by atoms with Gasteiger partial charge in [0, 0.05) is 0 Å². The van der Waals surface area contributed by atoms with Gasteiger partial charge in [0.1, 0.15) is 11.3 Å². The molecule has 0 aliphatic rings. The summed E-state index contributed by atoms with van der Waals surface area (Å²) in [4.78, 5) is 23.3. The van der Waals surface area contributed by atoms with Crippen molar-refractivity contribution in [3.63, 3.8) is 0 Å². The molecule has 4 nitrogen and oxygen atoms in total. The second kappa shape index (κ2) is 7.28. The summed E-state index contributed by atoms with van der Waals surface area (Å²) >= 11 is 0. The topological polar surface area (TPSA) is 63.6 Å². The maximum atomic E-state index is 11.6. The minimum absolute atomic E-state index is 0. The Hall–Kier alpha value is -1.36. The van der Waals surface area contributed by atoms with Gasteiger partial charge >= 0.3 is 49.7 Å². The molecule has 0 radical (unpaired) electrons. The van der Waals surface area contributed by atoms with E-state index in [1.807, 2.05) is 0 Å². The molecule has 1 N–H and O–H groups in total. The predicted molar refractivity (Wildman–Crippen MR) is 72.3 cm³/mol. The summed E-state index contributed by atoms with van der Waals surface area (Å²) in [5, 5.41) is 9.45. The van der Waals surface area contributed by atoms with Crippen molar-refractivity contribution in [3.8, 4) is 5.75 Å². The fourth-order valence-corrected chi connectivity index (χ4v) is 1.42. The van der Waals surface area contributed by atoms with Gasteiger partial charge in [0.25, 0.3) is 0 Å². The van der Waals surface area contributed by atoms with Crippen LogP contribution in [-0.2, 0) is 4.74 Å². The van der Waals surface area contributed by atoms with Gasteiger partial charge in [-0.3, -0.25) is 0 Å². The van der Waals surface area contributed by atoms with E-state index >= 15 is 0 Å². The van der Waals surface area contributed by atoms with Crippen LogP contribution in [0.2, 0.25) is 0 Å². The number of hydrogen-bond acceptors (Lipinski definition) is 4. The summed E-state index contributed by atoms with van der Waals surface area (Å²) in [6.45, 7) is 0. The van der Waals surface area contributed by atoms with Crippen molar-refractivity contribution in [1.29, 1.82) is 0 Å². The van der Waals surface area contributed by atoms with Crippen LogP contribution in [0.4, 0.5) is 0 Å². The Morgan fingerprint density at radius 1 is 0.895 bits per heavy atom. The van der Waals surface area contributed by atoms with Gasteiger partial charge in [0.2, 0.25) is 0 Å². The molecule has 2 aromatic rings. The summed E-state index contributed by atoms with van der Waals surface area (Å²) in [6, 6.07) is 14.1. The van der Waals surface area contributed by atoms with E-state index in [1.165, 1.54) is 12.1 Å². The van der Waals surface area contributed by atoms with Gasteiger partial charge in [-0.15, -0.1) is 0 Å². The number of phenols is 1. The molecule has 0 aliphatic carbocycles.